The highest BCUT2D eigenvalue weighted by Gasteiger charge is 2.48. The molecule has 8 nitrogen and oxygen atoms in total. The van der Waals surface area contributed by atoms with E-state index in [1.54, 1.807) is 37.3 Å². The van der Waals surface area contributed by atoms with Gasteiger partial charge in [0.2, 0.25) is 0 Å². The Morgan fingerprint density at radius 3 is 2.62 bits per heavy atom. The topological polar surface area (TPSA) is 106 Å². The van der Waals surface area contributed by atoms with Crippen molar-refractivity contribution in [3.63, 3.8) is 0 Å². The van der Waals surface area contributed by atoms with Crippen molar-refractivity contribution in [2.24, 2.45) is 0 Å². The number of esters is 1. The molecule has 1 fully saturated rings. The van der Waals surface area contributed by atoms with E-state index in [0.717, 1.165) is 0 Å². The van der Waals surface area contributed by atoms with E-state index < -0.39 is 29.5 Å². The van der Waals surface area contributed by atoms with Crippen LogP contribution in [0.1, 0.15) is 34.6 Å². The van der Waals surface area contributed by atoms with Gasteiger partial charge in [-0.05, 0) is 55.5 Å². The van der Waals surface area contributed by atoms with E-state index >= 15 is 0 Å². The van der Waals surface area contributed by atoms with Gasteiger partial charge in [-0.25, -0.2) is 4.79 Å². The number of halogens is 1. The molecule has 1 aromatic heterocycles. The van der Waals surface area contributed by atoms with E-state index in [1.807, 2.05) is 0 Å². The molecule has 0 spiro atoms. The summed E-state index contributed by atoms with van der Waals surface area (Å²) in [5.74, 6) is -2.24. The van der Waals surface area contributed by atoms with Crippen molar-refractivity contribution in [2.45, 2.75) is 13.0 Å². The summed E-state index contributed by atoms with van der Waals surface area (Å²) in [5, 5.41) is 11.4. The molecule has 0 saturated carbocycles. The van der Waals surface area contributed by atoms with Gasteiger partial charge in [-0.15, -0.1) is 0 Å². The summed E-state index contributed by atoms with van der Waals surface area (Å²) < 4.78 is 15.8. The van der Waals surface area contributed by atoms with Crippen LogP contribution < -0.4 is 9.64 Å². The molecule has 1 unspecified atom stereocenters. The van der Waals surface area contributed by atoms with Crippen LogP contribution in [-0.2, 0) is 14.3 Å². The quantitative estimate of drug-likeness (QED) is 0.234. The van der Waals surface area contributed by atoms with Gasteiger partial charge in [0.1, 0.15) is 23.3 Å². The SMILES string of the molecule is CCOc1ccc(Cl)c(/C(O)=C2/C(=O)C(=O)N(c3cccc(C(=O)OC)c3)C2c2ccco2)c1. The lowest BCUT2D eigenvalue weighted by molar-refractivity contribution is -0.132. The highest BCUT2D eigenvalue weighted by molar-refractivity contribution is 6.52. The van der Waals surface area contributed by atoms with Crippen LogP contribution in [0.2, 0.25) is 5.02 Å². The molecule has 1 saturated heterocycles. The van der Waals surface area contributed by atoms with Crippen molar-refractivity contribution in [2.75, 3.05) is 18.6 Å². The molecule has 0 radical (unpaired) electrons. The first-order valence-electron chi connectivity index (χ1n) is 10.3. The maximum absolute atomic E-state index is 13.2. The molecule has 1 aliphatic rings. The number of aliphatic hydroxyl groups is 1. The number of Topliss-reactive ketones (excluding diaryl/α,β-unsaturated/α-hetero) is 1. The molecule has 4 rings (SSSR count). The minimum atomic E-state index is -1.10. The van der Waals surface area contributed by atoms with Crippen LogP contribution in [0.3, 0.4) is 0 Å². The van der Waals surface area contributed by atoms with Crippen molar-refractivity contribution in [1.29, 1.82) is 0 Å². The Bertz CT molecular complexity index is 1300. The number of rotatable bonds is 6. The number of hydrogen-bond acceptors (Lipinski definition) is 7. The number of aliphatic hydroxyl groups excluding tert-OH is 1. The number of nitrogens with zero attached hydrogens (tertiary/aromatic N) is 1. The Morgan fingerprint density at radius 2 is 1.94 bits per heavy atom. The summed E-state index contributed by atoms with van der Waals surface area (Å²) in [6.07, 6.45) is 1.39. The van der Waals surface area contributed by atoms with Gasteiger partial charge in [0.05, 0.1) is 36.1 Å². The second kappa shape index (κ2) is 9.44. The second-order valence-corrected chi connectivity index (χ2v) is 7.71. The molecule has 3 aromatic rings. The lowest BCUT2D eigenvalue weighted by atomic mass is 9.99. The highest BCUT2D eigenvalue weighted by Crippen LogP contribution is 2.43. The van der Waals surface area contributed by atoms with Crippen LogP contribution in [0.25, 0.3) is 5.76 Å². The van der Waals surface area contributed by atoms with Crippen molar-refractivity contribution < 1.29 is 33.4 Å². The zero-order valence-electron chi connectivity index (χ0n) is 18.3. The maximum atomic E-state index is 13.2. The van der Waals surface area contributed by atoms with Gasteiger partial charge in [0.15, 0.2) is 0 Å². The molecule has 174 valence electrons. The standard InChI is InChI=1S/C25H20ClNO7/c1-3-33-16-9-10-18(26)17(13-16)22(28)20-21(19-8-5-11-34-19)27(24(30)23(20)29)15-7-4-6-14(12-15)25(31)32-2/h4-13,21,28H,3H2,1-2H3/b22-20-. The zero-order valence-corrected chi connectivity index (χ0v) is 19.0. The summed E-state index contributed by atoms with van der Waals surface area (Å²) in [5.41, 5.74) is 0.358. The number of benzene rings is 2. The number of carbonyl (C=O) groups excluding carboxylic acids is 3. The Labute approximate surface area is 199 Å². The molecular weight excluding hydrogens is 462 g/mol. The van der Waals surface area contributed by atoms with Crippen LogP contribution in [0.4, 0.5) is 5.69 Å². The Hall–Kier alpha value is -4.04. The van der Waals surface area contributed by atoms with Crippen molar-refractivity contribution in [3.05, 3.63) is 88.3 Å². The van der Waals surface area contributed by atoms with Crippen molar-refractivity contribution in [1.82, 2.24) is 0 Å². The predicted octanol–water partition coefficient (Wildman–Crippen LogP) is 4.74. The average molecular weight is 482 g/mol. The van der Waals surface area contributed by atoms with Crippen LogP contribution in [0.5, 0.6) is 5.75 Å². The first-order valence-corrected chi connectivity index (χ1v) is 10.7. The monoisotopic (exact) mass is 481 g/mol. The Kier molecular flexibility index (Phi) is 6.43. The Morgan fingerprint density at radius 1 is 1.15 bits per heavy atom. The molecule has 1 atom stereocenters. The number of amides is 1. The molecule has 9 heteroatoms. The average Bonchev–Trinajstić information content (AvgIpc) is 3.46. The molecule has 1 aliphatic heterocycles. The Balaban J connectivity index is 1.91. The number of ether oxygens (including phenoxy) is 2. The molecule has 2 heterocycles. The number of furan rings is 1. The largest absolute Gasteiger partial charge is 0.507 e. The van der Waals surface area contributed by atoms with Gasteiger partial charge < -0.3 is 19.0 Å². The van der Waals surface area contributed by atoms with Gasteiger partial charge in [0.25, 0.3) is 11.7 Å². The fourth-order valence-electron chi connectivity index (χ4n) is 3.80. The van der Waals surface area contributed by atoms with Crippen LogP contribution in [0, 0.1) is 0 Å². The van der Waals surface area contributed by atoms with E-state index in [-0.39, 0.29) is 33.2 Å². The maximum Gasteiger partial charge on any atom is 0.337 e. The summed E-state index contributed by atoms with van der Waals surface area (Å²) in [6, 6.07) is 12.8. The van der Waals surface area contributed by atoms with E-state index in [0.29, 0.717) is 12.4 Å². The lowest BCUT2D eigenvalue weighted by Crippen LogP contribution is -2.29. The molecule has 0 bridgehead atoms. The van der Waals surface area contributed by atoms with Crippen molar-refractivity contribution in [3.8, 4) is 5.75 Å². The number of ketones is 1. The van der Waals surface area contributed by atoms with Crippen LogP contribution in [0.15, 0.2) is 70.9 Å². The lowest BCUT2D eigenvalue weighted by Gasteiger charge is -2.23. The van der Waals surface area contributed by atoms with E-state index in [2.05, 4.69) is 0 Å². The van der Waals surface area contributed by atoms with Gasteiger partial charge in [-0.1, -0.05) is 17.7 Å². The highest BCUT2D eigenvalue weighted by atomic mass is 35.5. The summed E-state index contributed by atoms with van der Waals surface area (Å²) in [7, 11) is 1.24. The number of anilines is 1. The van der Waals surface area contributed by atoms with Gasteiger partial charge >= 0.3 is 5.97 Å². The first kappa shape index (κ1) is 23.1. The summed E-state index contributed by atoms with van der Waals surface area (Å²) in [6.45, 7) is 2.19. The zero-order chi connectivity index (χ0) is 24.4. The number of methoxy groups -OCH3 is 1. The normalized spacial score (nSPS) is 17.1. The van der Waals surface area contributed by atoms with E-state index in [9.17, 15) is 19.5 Å². The molecular formula is C25H20ClNO7. The minimum Gasteiger partial charge on any atom is -0.507 e. The molecule has 1 amide bonds. The molecule has 0 aliphatic carbocycles. The van der Waals surface area contributed by atoms with E-state index in [4.69, 9.17) is 25.5 Å². The third-order valence-electron chi connectivity index (χ3n) is 5.31. The summed E-state index contributed by atoms with van der Waals surface area (Å²) in [4.78, 5) is 39.6. The third-order valence-corrected chi connectivity index (χ3v) is 5.64. The van der Waals surface area contributed by atoms with Crippen LogP contribution in [-0.4, -0.2) is 36.5 Å². The summed E-state index contributed by atoms with van der Waals surface area (Å²) >= 11 is 6.32. The third kappa shape index (κ3) is 4.04. The fourth-order valence-corrected chi connectivity index (χ4v) is 4.01. The minimum absolute atomic E-state index is 0.130. The number of hydrogen-bond donors (Lipinski definition) is 1. The molecule has 1 N–H and O–H groups in total. The fraction of sp³-hybridized carbons (Fsp3) is 0.160. The van der Waals surface area contributed by atoms with Crippen molar-refractivity contribution >= 4 is 40.7 Å². The van der Waals surface area contributed by atoms with Gasteiger partial charge in [-0.2, -0.15) is 0 Å². The molecule has 2 aromatic carbocycles. The number of carbonyl (C=O) groups is 3. The molecule has 34 heavy (non-hydrogen) atoms. The van der Waals surface area contributed by atoms with E-state index in [1.165, 1.54) is 42.5 Å². The first-order chi connectivity index (χ1) is 16.4. The predicted molar refractivity (Wildman–Crippen MR) is 124 cm³/mol. The smallest absolute Gasteiger partial charge is 0.337 e. The van der Waals surface area contributed by atoms with Gasteiger partial charge in [-0.3, -0.25) is 14.5 Å². The van der Waals surface area contributed by atoms with Crippen LogP contribution >= 0.6 is 11.6 Å². The second-order valence-electron chi connectivity index (χ2n) is 7.30. The van der Waals surface area contributed by atoms with Gasteiger partial charge in [0, 0.05) is 11.3 Å².